The molecule has 1 N–H and O–H groups in total. The Morgan fingerprint density at radius 1 is 2.00 bits per heavy atom. The third-order valence-electron chi connectivity index (χ3n) is 0.112. The van der Waals surface area contributed by atoms with Crippen molar-refractivity contribution < 1.29 is 0 Å². The fourth-order valence-corrected chi connectivity index (χ4v) is 0. The van der Waals surface area contributed by atoms with Crippen LogP contribution in [-0.2, 0) is 0 Å². The molecule has 2 nitrogen and oxygen atoms in total. The van der Waals surface area contributed by atoms with Crippen molar-refractivity contribution >= 4 is 16.4 Å². The average molecular weight is 72.1 g/mol. The minimum absolute atomic E-state index is 0.716. The first-order chi connectivity index (χ1) is 1.91. The summed E-state index contributed by atoms with van der Waals surface area (Å²) in [5.74, 6) is 0. The van der Waals surface area contributed by atoms with Gasteiger partial charge in [0.25, 0.3) is 0 Å². The van der Waals surface area contributed by atoms with Crippen molar-refractivity contribution in [2.45, 2.75) is 0 Å². The van der Waals surface area contributed by atoms with Crippen molar-refractivity contribution in [3.63, 3.8) is 0 Å². The highest BCUT2D eigenvalue weighted by molar-refractivity contribution is 6.07. The second-order valence-corrected chi connectivity index (χ2v) is 0.783. The minimum atomic E-state index is 0.716. The van der Waals surface area contributed by atoms with Gasteiger partial charge in [0.05, 0.1) is 6.01 Å². The van der Waals surface area contributed by atoms with Crippen LogP contribution in [0.1, 0.15) is 0 Å². The molecule has 0 radical (unpaired) electrons. The van der Waals surface area contributed by atoms with Crippen LogP contribution in [0.2, 0.25) is 0 Å². The van der Waals surface area contributed by atoms with Gasteiger partial charge in [-0.25, -0.2) is 5.41 Å². The van der Waals surface area contributed by atoms with Crippen LogP contribution in [0.4, 0.5) is 0 Å². The second kappa shape index (κ2) is 2.60. The molecule has 0 aromatic carbocycles. The van der Waals surface area contributed by atoms with E-state index in [2.05, 4.69) is 4.66 Å². The van der Waals surface area contributed by atoms with Crippen LogP contribution in [-0.4, -0.2) is 16.4 Å². The largest absolute Gasteiger partial charge is 0.279 e. The highest BCUT2D eigenvalue weighted by Crippen LogP contribution is 1.25. The van der Waals surface area contributed by atoms with Crippen molar-refractivity contribution in [2.75, 3.05) is 0 Å². The lowest BCUT2D eigenvalue weighted by Gasteiger charge is -1.40. The molecule has 3 heteroatoms. The Kier molecular flexibility index (Phi) is 2.34. The fourth-order valence-electron chi connectivity index (χ4n) is 0. The Labute approximate surface area is 27.6 Å². The molecule has 0 aliphatic carbocycles. The summed E-state index contributed by atoms with van der Waals surface area (Å²) in [6, 6.07) is 1.87. The van der Waals surface area contributed by atoms with E-state index < -0.39 is 0 Å². The lowest BCUT2D eigenvalue weighted by molar-refractivity contribution is 1.57. The van der Waals surface area contributed by atoms with Crippen molar-refractivity contribution in [3.05, 3.63) is 0 Å². The molecular weight excluding hydrogens is 68.1 g/mol. The van der Waals surface area contributed by atoms with Crippen LogP contribution in [0.15, 0.2) is 4.66 Å². The van der Waals surface area contributed by atoms with Gasteiger partial charge in [-0.15, -0.1) is 0 Å². The summed E-state index contributed by atoms with van der Waals surface area (Å²) in [5.41, 5.74) is 0. The highest BCUT2D eigenvalue weighted by atomic mass is 28.2. The smallest absolute Gasteiger partial charge is 0.149 e. The number of rotatable bonds is 0. The van der Waals surface area contributed by atoms with Gasteiger partial charge in [0.15, 0.2) is 0 Å². The molecule has 0 amide bonds. The lowest BCUT2D eigenvalue weighted by atomic mass is 11.6. The summed E-state index contributed by atoms with van der Waals surface area (Å²) in [7, 11) is 0.716. The van der Waals surface area contributed by atoms with Crippen LogP contribution in [0.25, 0.3) is 0 Å². The maximum atomic E-state index is 6.07. The van der Waals surface area contributed by atoms with Gasteiger partial charge in [0, 0.05) is 0 Å². The van der Waals surface area contributed by atoms with Crippen molar-refractivity contribution in [2.24, 2.45) is 4.66 Å². The molecular formula is CH4N2Si. The topological polar surface area (TPSA) is 36.2 Å². The van der Waals surface area contributed by atoms with E-state index in [0.29, 0.717) is 10.4 Å². The van der Waals surface area contributed by atoms with Crippen molar-refractivity contribution in [1.82, 2.24) is 0 Å². The zero-order valence-corrected chi connectivity index (χ0v) is 4.45. The van der Waals surface area contributed by atoms with Gasteiger partial charge >= 0.3 is 0 Å². The fraction of sp³-hybridized carbons (Fsp3) is 0. The Hall–Kier alpha value is -0.403. The molecule has 0 rings (SSSR count). The first kappa shape index (κ1) is 3.60. The van der Waals surface area contributed by atoms with Crippen LogP contribution in [0.5, 0.6) is 0 Å². The van der Waals surface area contributed by atoms with Gasteiger partial charge in [-0.05, 0) is 0 Å². The molecule has 0 atom stereocenters. The molecule has 0 spiro atoms. The molecule has 0 saturated carbocycles. The number of hydrogen-bond donors (Lipinski definition) is 1. The van der Waals surface area contributed by atoms with E-state index in [4.69, 9.17) is 5.41 Å². The van der Waals surface area contributed by atoms with Gasteiger partial charge in [-0.1, -0.05) is 0 Å². The SMILES string of the molecule is N=C=N[SiH3]. The number of hydrogen-bond acceptors (Lipinski definition) is 2. The molecule has 0 aromatic heterocycles. The van der Waals surface area contributed by atoms with E-state index in [1.54, 1.807) is 0 Å². The minimum Gasteiger partial charge on any atom is -0.279 e. The normalized spacial score (nSPS) is 5.00. The summed E-state index contributed by atoms with van der Waals surface area (Å²) < 4.78 is 3.29. The summed E-state index contributed by atoms with van der Waals surface area (Å²) in [4.78, 5) is 0. The molecule has 0 fully saturated rings. The van der Waals surface area contributed by atoms with Crippen LogP contribution in [0.3, 0.4) is 0 Å². The summed E-state index contributed by atoms with van der Waals surface area (Å²) in [6.45, 7) is 0. The standard InChI is InChI=1S/CH4N2Si/c2-1-3-4/h2H,4H3. The first-order valence-corrected chi connectivity index (χ1v) is 1.82. The summed E-state index contributed by atoms with van der Waals surface area (Å²) in [6.07, 6.45) is 0. The maximum absolute atomic E-state index is 6.07. The van der Waals surface area contributed by atoms with E-state index in [1.165, 1.54) is 0 Å². The molecule has 0 unspecified atom stereocenters. The predicted octanol–water partition coefficient (Wildman–Crippen LogP) is -0.981. The molecule has 0 saturated heterocycles. The van der Waals surface area contributed by atoms with Crippen LogP contribution >= 0.6 is 0 Å². The second-order valence-electron chi connectivity index (χ2n) is 0.335. The quantitative estimate of drug-likeness (QED) is 0.282. The third kappa shape index (κ3) is 1.60. The van der Waals surface area contributed by atoms with Crippen molar-refractivity contribution in [3.8, 4) is 0 Å². The predicted molar refractivity (Wildman–Crippen MR) is 20.1 cm³/mol. The monoisotopic (exact) mass is 72.0 g/mol. The van der Waals surface area contributed by atoms with Gasteiger partial charge in [0.1, 0.15) is 10.4 Å². The van der Waals surface area contributed by atoms with E-state index in [9.17, 15) is 0 Å². The van der Waals surface area contributed by atoms with E-state index in [0.717, 1.165) is 0 Å². The number of nitrogens with one attached hydrogen (secondary N) is 1. The summed E-state index contributed by atoms with van der Waals surface area (Å²) in [5, 5.41) is 6.07. The molecule has 22 valence electrons. The van der Waals surface area contributed by atoms with E-state index >= 15 is 0 Å². The van der Waals surface area contributed by atoms with Gasteiger partial charge in [-0.2, -0.15) is 0 Å². The zero-order valence-electron chi connectivity index (χ0n) is 2.45. The maximum Gasteiger partial charge on any atom is 0.149 e. The first-order valence-electron chi connectivity index (χ1n) is 0.921. The lowest BCUT2D eigenvalue weighted by Crippen LogP contribution is -1.41. The Bertz CT molecular complexity index is 44.0. The van der Waals surface area contributed by atoms with E-state index in [1.807, 2.05) is 6.01 Å². The molecule has 0 bridgehead atoms. The molecule has 0 aliphatic heterocycles. The average Bonchev–Trinajstić information content (AvgIpc) is 1.37. The third-order valence-corrected chi connectivity index (χ3v) is 0.335. The Balaban J connectivity index is 3.11. The highest BCUT2D eigenvalue weighted by Gasteiger charge is 1.24. The van der Waals surface area contributed by atoms with Gasteiger partial charge in [0.2, 0.25) is 0 Å². The zero-order chi connectivity index (χ0) is 3.41. The van der Waals surface area contributed by atoms with Gasteiger partial charge in [-0.3, -0.25) is 4.66 Å². The molecule has 0 aliphatic rings. The Morgan fingerprint density at radius 3 is 2.25 bits per heavy atom. The van der Waals surface area contributed by atoms with Crippen molar-refractivity contribution in [1.29, 1.82) is 5.41 Å². The molecule has 4 heavy (non-hydrogen) atoms. The van der Waals surface area contributed by atoms with E-state index in [-0.39, 0.29) is 0 Å². The molecule has 0 aromatic rings. The molecule has 0 heterocycles. The summed E-state index contributed by atoms with van der Waals surface area (Å²) >= 11 is 0. The van der Waals surface area contributed by atoms with Crippen LogP contribution < -0.4 is 0 Å². The number of nitrogens with zero attached hydrogens (tertiary/aromatic N) is 1. The Morgan fingerprint density at radius 2 is 2.25 bits per heavy atom. The van der Waals surface area contributed by atoms with Gasteiger partial charge < -0.3 is 0 Å². The van der Waals surface area contributed by atoms with Crippen LogP contribution in [0, 0.1) is 5.41 Å².